The number of anilines is 1. The number of carbonyl (C=O) groups is 2. The lowest BCUT2D eigenvalue weighted by Crippen LogP contribution is -2.33. The molecule has 172 valence electrons. The molecule has 2 amide bonds. The van der Waals surface area contributed by atoms with E-state index in [9.17, 15) is 14.0 Å². The van der Waals surface area contributed by atoms with E-state index >= 15 is 0 Å². The van der Waals surface area contributed by atoms with Crippen molar-refractivity contribution in [1.29, 1.82) is 0 Å². The Balaban J connectivity index is 1.57. The summed E-state index contributed by atoms with van der Waals surface area (Å²) in [4.78, 5) is 31.7. The quantitative estimate of drug-likeness (QED) is 0.564. The zero-order valence-electron chi connectivity index (χ0n) is 18.6. The smallest absolute Gasteiger partial charge is 0.230 e. The molecule has 0 radical (unpaired) electrons. The summed E-state index contributed by atoms with van der Waals surface area (Å²) < 4.78 is 21.2. The minimum atomic E-state index is -0.596. The van der Waals surface area contributed by atoms with Crippen molar-refractivity contribution in [1.82, 2.24) is 19.7 Å². The Hall–Kier alpha value is -3.75. The highest BCUT2D eigenvalue weighted by atomic mass is 19.1. The predicted octanol–water partition coefficient (Wildman–Crippen LogP) is 3.74. The Labute approximate surface area is 191 Å². The van der Waals surface area contributed by atoms with Crippen LogP contribution in [-0.4, -0.2) is 45.1 Å². The molecule has 1 N–H and O–H groups in total. The largest absolute Gasteiger partial charge is 0.497 e. The Morgan fingerprint density at radius 3 is 2.67 bits per heavy atom. The lowest BCUT2D eigenvalue weighted by atomic mass is 9.92. The molecule has 1 saturated heterocycles. The van der Waals surface area contributed by atoms with E-state index in [0.29, 0.717) is 18.0 Å². The number of methoxy groups -OCH3 is 1. The van der Waals surface area contributed by atoms with Crippen molar-refractivity contribution < 1.29 is 18.7 Å². The minimum absolute atomic E-state index is 0.0582. The van der Waals surface area contributed by atoms with Crippen molar-refractivity contribution in [2.24, 2.45) is 5.92 Å². The minimum Gasteiger partial charge on any atom is -0.497 e. The average molecular weight is 452 g/mol. The molecule has 33 heavy (non-hydrogen) atoms. The highest BCUT2D eigenvalue weighted by molar-refractivity contribution is 5.98. The van der Waals surface area contributed by atoms with Gasteiger partial charge in [0.25, 0.3) is 0 Å². The van der Waals surface area contributed by atoms with Gasteiger partial charge < -0.3 is 15.0 Å². The van der Waals surface area contributed by atoms with E-state index in [2.05, 4.69) is 22.3 Å². The number of hydrogen-bond acceptors (Lipinski definition) is 5. The molecule has 1 fully saturated rings. The number of halogens is 1. The van der Waals surface area contributed by atoms with Gasteiger partial charge >= 0.3 is 0 Å². The van der Waals surface area contributed by atoms with Gasteiger partial charge in [-0.3, -0.25) is 9.59 Å². The van der Waals surface area contributed by atoms with Crippen LogP contribution in [0.25, 0.3) is 5.69 Å². The Bertz CT molecular complexity index is 1120. The van der Waals surface area contributed by atoms with Crippen molar-refractivity contribution in [3.05, 3.63) is 66.5 Å². The van der Waals surface area contributed by atoms with Crippen LogP contribution in [0.5, 0.6) is 5.75 Å². The number of aromatic nitrogens is 3. The van der Waals surface area contributed by atoms with E-state index in [1.807, 2.05) is 24.3 Å². The molecule has 1 aliphatic heterocycles. The van der Waals surface area contributed by atoms with Crippen LogP contribution in [0.15, 0.2) is 55.1 Å². The molecule has 2 atom stereocenters. The lowest BCUT2D eigenvalue weighted by Gasteiger charge is -2.28. The van der Waals surface area contributed by atoms with E-state index < -0.39 is 17.8 Å². The Morgan fingerprint density at radius 1 is 1.24 bits per heavy atom. The van der Waals surface area contributed by atoms with Crippen LogP contribution in [-0.2, 0) is 9.59 Å². The van der Waals surface area contributed by atoms with Crippen molar-refractivity contribution in [3.8, 4) is 11.4 Å². The maximum atomic E-state index is 14.6. The van der Waals surface area contributed by atoms with Crippen LogP contribution in [0.1, 0.15) is 37.8 Å². The number of hydrogen-bond donors (Lipinski definition) is 1. The number of likely N-dealkylation sites (tertiary alicyclic amines) is 1. The molecule has 0 aliphatic carbocycles. The fourth-order valence-corrected chi connectivity index (χ4v) is 4.17. The number of nitrogens with zero attached hydrogens (tertiary/aromatic N) is 4. The normalized spacial score (nSPS) is 17.9. The molecular formula is C24H26FN5O3. The van der Waals surface area contributed by atoms with Crippen LogP contribution < -0.4 is 10.1 Å². The van der Waals surface area contributed by atoms with E-state index in [1.54, 1.807) is 18.1 Å². The van der Waals surface area contributed by atoms with Crippen molar-refractivity contribution in [2.75, 3.05) is 19.0 Å². The third kappa shape index (κ3) is 4.72. The van der Waals surface area contributed by atoms with Crippen LogP contribution in [0.2, 0.25) is 0 Å². The number of amides is 2. The average Bonchev–Trinajstić information content (AvgIpc) is 3.46. The highest BCUT2D eigenvalue weighted by Crippen LogP contribution is 2.39. The number of benzene rings is 2. The predicted molar refractivity (Wildman–Crippen MR) is 120 cm³/mol. The van der Waals surface area contributed by atoms with Gasteiger partial charge in [0.15, 0.2) is 5.82 Å². The second kappa shape index (κ2) is 9.81. The van der Waals surface area contributed by atoms with E-state index in [4.69, 9.17) is 4.74 Å². The van der Waals surface area contributed by atoms with Gasteiger partial charge in [-0.05, 0) is 42.3 Å². The first-order valence-electron chi connectivity index (χ1n) is 10.9. The van der Waals surface area contributed by atoms with Gasteiger partial charge in [-0.2, -0.15) is 5.10 Å². The van der Waals surface area contributed by atoms with Crippen LogP contribution >= 0.6 is 0 Å². The molecule has 1 aromatic heterocycles. The number of ether oxygens (including phenoxy) is 1. The third-order valence-corrected chi connectivity index (χ3v) is 5.86. The Kier molecular flexibility index (Phi) is 6.67. The topological polar surface area (TPSA) is 89.4 Å². The van der Waals surface area contributed by atoms with Gasteiger partial charge in [0, 0.05) is 18.7 Å². The molecule has 2 aromatic carbocycles. The molecule has 9 heteroatoms. The summed E-state index contributed by atoms with van der Waals surface area (Å²) in [6.07, 6.45) is 4.60. The summed E-state index contributed by atoms with van der Waals surface area (Å²) in [5, 5.41) is 6.71. The number of carbonyl (C=O) groups excluding carboxylic acids is 2. The molecule has 0 spiro atoms. The number of nitrogens with one attached hydrogen (secondary N) is 1. The van der Waals surface area contributed by atoms with Crippen LogP contribution in [0.4, 0.5) is 10.1 Å². The second-order valence-corrected chi connectivity index (χ2v) is 7.96. The molecular weight excluding hydrogens is 425 g/mol. The number of unbranched alkanes of at least 4 members (excludes halogenated alkanes) is 1. The first kappa shape index (κ1) is 22.4. The SMILES string of the molecule is CCCCN1C(=O)CC(C(=O)Nc2ccc(-n3cncn3)c(F)c2)C1c1ccc(OC)cc1. The zero-order chi connectivity index (χ0) is 23.4. The molecule has 8 nitrogen and oxygen atoms in total. The maximum absolute atomic E-state index is 14.6. The van der Waals surface area contributed by atoms with Gasteiger partial charge in [-0.25, -0.2) is 14.1 Å². The summed E-state index contributed by atoms with van der Waals surface area (Å²) in [6.45, 7) is 2.64. The monoisotopic (exact) mass is 451 g/mol. The Morgan fingerprint density at radius 2 is 2.03 bits per heavy atom. The summed E-state index contributed by atoms with van der Waals surface area (Å²) in [5.41, 5.74) is 1.41. The second-order valence-electron chi connectivity index (χ2n) is 7.96. The summed E-state index contributed by atoms with van der Waals surface area (Å²) in [5.74, 6) is -0.821. The van der Waals surface area contributed by atoms with Crippen molar-refractivity contribution in [3.63, 3.8) is 0 Å². The molecule has 3 aromatic rings. The van der Waals surface area contributed by atoms with Crippen molar-refractivity contribution >= 4 is 17.5 Å². The molecule has 1 aliphatic rings. The lowest BCUT2D eigenvalue weighted by molar-refractivity contribution is -0.129. The van der Waals surface area contributed by atoms with Gasteiger partial charge in [0.2, 0.25) is 11.8 Å². The number of rotatable bonds is 8. The molecule has 2 heterocycles. The zero-order valence-corrected chi connectivity index (χ0v) is 18.6. The fourth-order valence-electron chi connectivity index (χ4n) is 4.17. The molecule has 0 saturated carbocycles. The summed E-state index contributed by atoms with van der Waals surface area (Å²) >= 11 is 0. The van der Waals surface area contributed by atoms with Crippen LogP contribution in [0, 0.1) is 11.7 Å². The van der Waals surface area contributed by atoms with Crippen LogP contribution in [0.3, 0.4) is 0 Å². The molecule has 2 unspecified atom stereocenters. The van der Waals surface area contributed by atoms with Crippen molar-refractivity contribution in [2.45, 2.75) is 32.2 Å². The highest BCUT2D eigenvalue weighted by Gasteiger charge is 2.44. The summed E-state index contributed by atoms with van der Waals surface area (Å²) in [7, 11) is 1.59. The first-order chi connectivity index (χ1) is 16.0. The fraction of sp³-hybridized carbons (Fsp3) is 0.333. The van der Waals surface area contributed by atoms with E-state index in [0.717, 1.165) is 18.4 Å². The first-order valence-corrected chi connectivity index (χ1v) is 10.9. The third-order valence-electron chi connectivity index (χ3n) is 5.86. The standard InChI is InChI=1S/C24H26FN5O3/c1-3-4-11-29-22(31)13-19(23(29)16-5-8-18(33-2)9-6-16)24(32)28-17-7-10-21(20(25)12-17)30-15-26-14-27-30/h5-10,12,14-15,19,23H,3-4,11,13H2,1-2H3,(H,28,32). The molecule has 0 bridgehead atoms. The molecule has 4 rings (SSSR count). The maximum Gasteiger partial charge on any atom is 0.230 e. The van der Waals surface area contributed by atoms with E-state index in [-0.39, 0.29) is 23.9 Å². The summed E-state index contributed by atoms with van der Waals surface area (Å²) in [6, 6.07) is 11.4. The van der Waals surface area contributed by atoms with Gasteiger partial charge in [-0.1, -0.05) is 25.5 Å². The van der Waals surface area contributed by atoms with Gasteiger partial charge in [0.05, 0.1) is 19.1 Å². The van der Waals surface area contributed by atoms with Gasteiger partial charge in [0.1, 0.15) is 24.1 Å². The van der Waals surface area contributed by atoms with Gasteiger partial charge in [-0.15, -0.1) is 0 Å². The van der Waals surface area contributed by atoms with E-state index in [1.165, 1.54) is 29.5 Å².